The lowest BCUT2D eigenvalue weighted by Gasteiger charge is -2.00. The van der Waals surface area contributed by atoms with Crippen molar-refractivity contribution in [2.45, 2.75) is 19.3 Å². The van der Waals surface area contributed by atoms with Crippen LogP contribution < -0.4 is 0 Å². The molecule has 1 heterocycles. The Labute approximate surface area is 109 Å². The fourth-order valence-corrected chi connectivity index (χ4v) is 2.54. The van der Waals surface area contributed by atoms with Gasteiger partial charge in [-0.1, -0.05) is 18.2 Å². The molecule has 0 amide bonds. The molecule has 18 heavy (non-hydrogen) atoms. The Morgan fingerprint density at radius 1 is 1.33 bits per heavy atom. The van der Waals surface area contributed by atoms with Crippen molar-refractivity contribution in [1.29, 1.82) is 0 Å². The second-order valence-corrected chi connectivity index (χ2v) is 5.12. The minimum absolute atomic E-state index is 0.123. The number of carboxylic acid groups (broad SMARTS) is 1. The number of hydrogen-bond donors (Lipinski definition) is 2. The number of para-hydroxylation sites is 1. The fourth-order valence-electron chi connectivity index (χ4n) is 1.60. The number of aliphatic carboxylic acids is 1. The summed E-state index contributed by atoms with van der Waals surface area (Å²) < 4.78 is 0. The summed E-state index contributed by atoms with van der Waals surface area (Å²) in [5, 5.41) is 19.1. The Morgan fingerprint density at radius 2 is 2.11 bits per heavy atom. The van der Waals surface area contributed by atoms with Crippen molar-refractivity contribution in [3.8, 4) is 5.75 Å². The van der Waals surface area contributed by atoms with Crippen molar-refractivity contribution in [3.05, 3.63) is 45.9 Å². The fraction of sp³-hybridized carbons (Fsp3) is 0.231. The molecule has 1 aromatic carbocycles. The zero-order valence-electron chi connectivity index (χ0n) is 9.67. The van der Waals surface area contributed by atoms with Crippen molar-refractivity contribution < 1.29 is 15.0 Å². The van der Waals surface area contributed by atoms with Crippen molar-refractivity contribution in [3.63, 3.8) is 0 Å². The Morgan fingerprint density at radius 3 is 2.83 bits per heavy atom. The van der Waals surface area contributed by atoms with Gasteiger partial charge in [0.05, 0.1) is 11.4 Å². The highest BCUT2D eigenvalue weighted by molar-refractivity contribution is 7.11. The molecule has 5 heteroatoms. The predicted molar refractivity (Wildman–Crippen MR) is 69.0 cm³/mol. The topological polar surface area (TPSA) is 70.4 Å². The zero-order valence-corrected chi connectivity index (χ0v) is 10.5. The largest absolute Gasteiger partial charge is 0.508 e. The van der Waals surface area contributed by atoms with Crippen LogP contribution in [0.3, 0.4) is 0 Å². The highest BCUT2D eigenvalue weighted by Crippen LogP contribution is 2.23. The first-order valence-corrected chi connectivity index (χ1v) is 6.39. The van der Waals surface area contributed by atoms with Crippen LogP contribution in [0.2, 0.25) is 0 Å². The maximum atomic E-state index is 10.5. The van der Waals surface area contributed by atoms with Crippen LogP contribution in [0, 0.1) is 0 Å². The molecule has 0 unspecified atom stereocenters. The number of rotatable bonds is 5. The summed E-state index contributed by atoms with van der Waals surface area (Å²) in [5.74, 6) is -0.537. The number of benzene rings is 1. The van der Waals surface area contributed by atoms with E-state index in [4.69, 9.17) is 5.11 Å². The highest BCUT2D eigenvalue weighted by atomic mass is 32.1. The van der Waals surface area contributed by atoms with Gasteiger partial charge in [-0.3, -0.25) is 4.79 Å². The Balaban J connectivity index is 2.02. The number of carbonyl (C=O) groups is 1. The number of aromatic nitrogens is 1. The molecular formula is C13H13NO3S. The summed E-state index contributed by atoms with van der Waals surface area (Å²) in [4.78, 5) is 15.7. The van der Waals surface area contributed by atoms with Crippen LogP contribution in [-0.2, 0) is 17.6 Å². The van der Waals surface area contributed by atoms with Gasteiger partial charge in [0.25, 0.3) is 0 Å². The standard InChI is InChI=1S/C13H13NO3S/c15-11-4-2-1-3-9(11)7-12-14-8-10(18-12)5-6-13(16)17/h1-4,8,15H,5-7H2,(H,16,17). The zero-order chi connectivity index (χ0) is 13.0. The summed E-state index contributed by atoms with van der Waals surface area (Å²) in [6.07, 6.45) is 2.92. The van der Waals surface area contributed by atoms with E-state index in [1.54, 1.807) is 18.3 Å². The molecule has 0 saturated carbocycles. The minimum Gasteiger partial charge on any atom is -0.508 e. The SMILES string of the molecule is O=C(O)CCc1cnc(Cc2ccccc2O)s1. The lowest BCUT2D eigenvalue weighted by molar-refractivity contribution is -0.136. The molecule has 1 aromatic heterocycles. The van der Waals surface area contributed by atoms with E-state index >= 15 is 0 Å². The average Bonchev–Trinajstić information content (AvgIpc) is 2.77. The van der Waals surface area contributed by atoms with Crippen LogP contribution in [0.4, 0.5) is 0 Å². The smallest absolute Gasteiger partial charge is 0.303 e. The van der Waals surface area contributed by atoms with Crippen molar-refractivity contribution in [2.24, 2.45) is 0 Å². The maximum absolute atomic E-state index is 10.5. The van der Waals surface area contributed by atoms with E-state index in [2.05, 4.69) is 4.98 Å². The molecule has 0 fully saturated rings. The van der Waals surface area contributed by atoms with E-state index in [1.807, 2.05) is 12.1 Å². The first kappa shape index (κ1) is 12.6. The summed E-state index contributed by atoms with van der Waals surface area (Å²) in [6.45, 7) is 0. The second kappa shape index (κ2) is 5.64. The number of phenolic OH excluding ortho intramolecular Hbond substituents is 1. The van der Waals surface area contributed by atoms with Gasteiger partial charge in [0.1, 0.15) is 5.75 Å². The molecular weight excluding hydrogens is 250 g/mol. The van der Waals surface area contributed by atoms with Crippen molar-refractivity contribution >= 4 is 17.3 Å². The van der Waals surface area contributed by atoms with Gasteiger partial charge in [-0.25, -0.2) is 4.98 Å². The molecule has 2 N–H and O–H groups in total. The number of nitrogens with zero attached hydrogens (tertiary/aromatic N) is 1. The van der Waals surface area contributed by atoms with Crippen LogP contribution in [-0.4, -0.2) is 21.2 Å². The molecule has 0 atom stereocenters. The van der Waals surface area contributed by atoms with E-state index < -0.39 is 5.97 Å². The van der Waals surface area contributed by atoms with Gasteiger partial charge >= 0.3 is 5.97 Å². The summed E-state index contributed by atoms with van der Waals surface area (Å²) in [7, 11) is 0. The molecule has 0 saturated heterocycles. The van der Waals surface area contributed by atoms with Gasteiger partial charge in [-0.15, -0.1) is 11.3 Å². The lowest BCUT2D eigenvalue weighted by Crippen LogP contribution is -1.95. The molecule has 0 spiro atoms. The molecule has 2 rings (SSSR count). The maximum Gasteiger partial charge on any atom is 0.303 e. The van der Waals surface area contributed by atoms with Crippen LogP contribution in [0.15, 0.2) is 30.5 Å². The van der Waals surface area contributed by atoms with Gasteiger partial charge in [0.15, 0.2) is 0 Å². The van der Waals surface area contributed by atoms with E-state index in [0.29, 0.717) is 12.8 Å². The average molecular weight is 263 g/mol. The lowest BCUT2D eigenvalue weighted by atomic mass is 10.1. The van der Waals surface area contributed by atoms with Crippen LogP contribution in [0.25, 0.3) is 0 Å². The van der Waals surface area contributed by atoms with Crippen LogP contribution in [0.5, 0.6) is 5.75 Å². The van der Waals surface area contributed by atoms with Gasteiger partial charge in [-0.2, -0.15) is 0 Å². The highest BCUT2D eigenvalue weighted by Gasteiger charge is 2.07. The molecule has 0 radical (unpaired) electrons. The number of aryl methyl sites for hydroxylation is 1. The third-order valence-electron chi connectivity index (χ3n) is 2.52. The Kier molecular flexibility index (Phi) is 3.94. The number of phenols is 1. The molecule has 0 bridgehead atoms. The van der Waals surface area contributed by atoms with Crippen LogP contribution in [0.1, 0.15) is 21.9 Å². The van der Waals surface area contributed by atoms with Crippen molar-refractivity contribution in [1.82, 2.24) is 4.98 Å². The van der Waals surface area contributed by atoms with Crippen LogP contribution >= 0.6 is 11.3 Å². The first-order valence-electron chi connectivity index (χ1n) is 5.57. The summed E-state index contributed by atoms with van der Waals surface area (Å²) in [5.41, 5.74) is 0.830. The molecule has 0 aliphatic heterocycles. The summed E-state index contributed by atoms with van der Waals surface area (Å²) in [6, 6.07) is 7.15. The third-order valence-corrected chi connectivity index (χ3v) is 3.58. The summed E-state index contributed by atoms with van der Waals surface area (Å²) >= 11 is 1.49. The quantitative estimate of drug-likeness (QED) is 0.869. The first-order chi connectivity index (χ1) is 8.65. The monoisotopic (exact) mass is 263 g/mol. The van der Waals surface area contributed by atoms with E-state index in [9.17, 15) is 9.90 Å². The normalized spacial score (nSPS) is 10.4. The number of carboxylic acids is 1. The van der Waals surface area contributed by atoms with Gasteiger partial charge in [-0.05, 0) is 12.5 Å². The van der Waals surface area contributed by atoms with E-state index in [1.165, 1.54) is 11.3 Å². The molecule has 94 valence electrons. The van der Waals surface area contributed by atoms with E-state index in [0.717, 1.165) is 15.4 Å². The van der Waals surface area contributed by atoms with Gasteiger partial charge < -0.3 is 10.2 Å². The predicted octanol–water partition coefficient (Wildman–Crippen LogP) is 2.46. The van der Waals surface area contributed by atoms with Crippen molar-refractivity contribution in [2.75, 3.05) is 0 Å². The molecule has 2 aromatic rings. The number of thiazole rings is 1. The molecule has 0 aliphatic rings. The second-order valence-electron chi connectivity index (χ2n) is 3.92. The Bertz CT molecular complexity index is 551. The Hall–Kier alpha value is -1.88. The molecule has 0 aliphatic carbocycles. The number of hydrogen-bond acceptors (Lipinski definition) is 4. The minimum atomic E-state index is -0.800. The van der Waals surface area contributed by atoms with Gasteiger partial charge in [0.2, 0.25) is 0 Å². The van der Waals surface area contributed by atoms with E-state index in [-0.39, 0.29) is 12.2 Å². The number of aromatic hydroxyl groups is 1. The molecule has 4 nitrogen and oxygen atoms in total. The van der Waals surface area contributed by atoms with Gasteiger partial charge in [0, 0.05) is 23.1 Å². The third kappa shape index (κ3) is 3.30.